The lowest BCUT2D eigenvalue weighted by molar-refractivity contribution is 0.0928. The van der Waals surface area contributed by atoms with Crippen molar-refractivity contribution in [2.75, 3.05) is 6.61 Å². The molecular weight excluding hydrogens is 192 g/mol. The largest absolute Gasteiger partial charge is 0.396 e. The first-order valence-electron chi connectivity index (χ1n) is 5.18. The van der Waals surface area contributed by atoms with Gasteiger partial charge in [-0.15, -0.1) is 0 Å². The maximum atomic E-state index is 11.7. The first kappa shape index (κ1) is 11.8. The maximum Gasteiger partial charge on any atom is 0.268 e. The maximum absolute atomic E-state index is 11.7. The fourth-order valence-electron chi connectivity index (χ4n) is 1.46. The molecule has 1 aromatic heterocycles. The molecule has 0 spiro atoms. The number of aliphatic hydroxyl groups excluding tert-OH is 1. The summed E-state index contributed by atoms with van der Waals surface area (Å²) >= 11 is 0. The zero-order valence-corrected chi connectivity index (χ0v) is 9.23. The molecule has 0 radical (unpaired) electrons. The molecule has 0 aliphatic heterocycles. The van der Waals surface area contributed by atoms with Gasteiger partial charge in [-0.2, -0.15) is 0 Å². The van der Waals surface area contributed by atoms with Gasteiger partial charge in [0.05, 0.1) is 0 Å². The van der Waals surface area contributed by atoms with Crippen LogP contribution in [0.3, 0.4) is 0 Å². The molecule has 0 saturated heterocycles. The zero-order chi connectivity index (χ0) is 11.3. The lowest BCUT2D eigenvalue weighted by atomic mass is 10.2. The average molecular weight is 210 g/mol. The number of hydrogen-bond acceptors (Lipinski definition) is 2. The van der Waals surface area contributed by atoms with Gasteiger partial charge in [-0.25, -0.2) is 0 Å². The van der Waals surface area contributed by atoms with Crippen LogP contribution in [0.4, 0.5) is 0 Å². The van der Waals surface area contributed by atoms with E-state index in [1.807, 2.05) is 26.2 Å². The van der Waals surface area contributed by atoms with Gasteiger partial charge < -0.3 is 15.0 Å². The number of hydrogen-bond donors (Lipinski definition) is 2. The molecule has 1 unspecified atom stereocenters. The molecule has 1 atom stereocenters. The summed E-state index contributed by atoms with van der Waals surface area (Å²) in [4.78, 5) is 11.7. The molecule has 2 N–H and O–H groups in total. The Morgan fingerprint density at radius 3 is 2.93 bits per heavy atom. The van der Waals surface area contributed by atoms with E-state index < -0.39 is 0 Å². The van der Waals surface area contributed by atoms with Crippen LogP contribution in [0.25, 0.3) is 0 Å². The molecule has 4 nitrogen and oxygen atoms in total. The Morgan fingerprint density at radius 1 is 1.67 bits per heavy atom. The van der Waals surface area contributed by atoms with E-state index in [2.05, 4.69) is 5.32 Å². The summed E-state index contributed by atoms with van der Waals surface area (Å²) in [6, 6.07) is 3.72. The van der Waals surface area contributed by atoms with Gasteiger partial charge in [0, 0.05) is 25.9 Å². The van der Waals surface area contributed by atoms with Crippen molar-refractivity contribution >= 4 is 5.91 Å². The number of aromatic nitrogens is 1. The van der Waals surface area contributed by atoms with Crippen molar-refractivity contribution in [3.05, 3.63) is 24.0 Å². The first-order chi connectivity index (χ1) is 7.15. The number of nitrogens with zero attached hydrogens (tertiary/aromatic N) is 1. The number of nitrogens with one attached hydrogen (secondary N) is 1. The molecule has 1 heterocycles. The van der Waals surface area contributed by atoms with Crippen LogP contribution in [0.1, 0.15) is 30.3 Å². The van der Waals surface area contributed by atoms with Crippen LogP contribution in [0.2, 0.25) is 0 Å². The topological polar surface area (TPSA) is 54.3 Å². The molecule has 0 aliphatic rings. The third-order valence-electron chi connectivity index (χ3n) is 2.35. The molecular formula is C11H18N2O2. The fourth-order valence-corrected chi connectivity index (χ4v) is 1.46. The average Bonchev–Trinajstić information content (AvgIpc) is 2.61. The minimum absolute atomic E-state index is 0.0621. The zero-order valence-electron chi connectivity index (χ0n) is 9.23. The minimum Gasteiger partial charge on any atom is -0.396 e. The second kappa shape index (κ2) is 5.56. The van der Waals surface area contributed by atoms with E-state index in [4.69, 9.17) is 5.11 Å². The summed E-state index contributed by atoms with van der Waals surface area (Å²) in [7, 11) is 1.84. The Morgan fingerprint density at radius 2 is 2.40 bits per heavy atom. The predicted molar refractivity (Wildman–Crippen MR) is 58.7 cm³/mol. The van der Waals surface area contributed by atoms with Crippen molar-refractivity contribution in [2.24, 2.45) is 7.05 Å². The van der Waals surface area contributed by atoms with E-state index in [0.29, 0.717) is 12.1 Å². The van der Waals surface area contributed by atoms with Gasteiger partial charge in [0.2, 0.25) is 0 Å². The molecule has 1 aromatic rings. The summed E-state index contributed by atoms with van der Waals surface area (Å²) in [5, 5.41) is 11.5. The second-order valence-corrected chi connectivity index (χ2v) is 3.74. The number of amides is 1. The monoisotopic (exact) mass is 210 g/mol. The molecule has 0 aromatic carbocycles. The van der Waals surface area contributed by atoms with E-state index in [9.17, 15) is 4.79 Å². The van der Waals surface area contributed by atoms with Gasteiger partial charge in [0.25, 0.3) is 5.91 Å². The standard InChI is InChI=1S/C11H18N2O2/c1-9(5-4-8-14)12-11(15)10-6-3-7-13(10)2/h3,6-7,9,14H,4-5,8H2,1-2H3,(H,12,15). The van der Waals surface area contributed by atoms with Crippen molar-refractivity contribution in [1.82, 2.24) is 9.88 Å². The predicted octanol–water partition coefficient (Wildman–Crippen LogP) is 0.916. The summed E-state index contributed by atoms with van der Waals surface area (Å²) in [5.74, 6) is -0.0621. The summed E-state index contributed by atoms with van der Waals surface area (Å²) < 4.78 is 1.79. The number of aryl methyl sites for hydroxylation is 1. The highest BCUT2D eigenvalue weighted by Crippen LogP contribution is 2.02. The highest BCUT2D eigenvalue weighted by Gasteiger charge is 2.11. The molecule has 84 valence electrons. The van der Waals surface area contributed by atoms with Crippen molar-refractivity contribution in [3.63, 3.8) is 0 Å². The molecule has 0 bridgehead atoms. The number of aliphatic hydroxyl groups is 1. The van der Waals surface area contributed by atoms with E-state index in [-0.39, 0.29) is 18.6 Å². The highest BCUT2D eigenvalue weighted by molar-refractivity contribution is 5.92. The molecule has 15 heavy (non-hydrogen) atoms. The van der Waals surface area contributed by atoms with E-state index in [0.717, 1.165) is 6.42 Å². The number of rotatable bonds is 5. The van der Waals surface area contributed by atoms with Crippen LogP contribution >= 0.6 is 0 Å². The lowest BCUT2D eigenvalue weighted by Crippen LogP contribution is -2.33. The summed E-state index contributed by atoms with van der Waals surface area (Å²) in [6.07, 6.45) is 3.36. The van der Waals surface area contributed by atoms with Crippen molar-refractivity contribution in [1.29, 1.82) is 0 Å². The summed E-state index contributed by atoms with van der Waals surface area (Å²) in [5.41, 5.74) is 0.658. The Hall–Kier alpha value is -1.29. The lowest BCUT2D eigenvalue weighted by Gasteiger charge is -2.13. The van der Waals surface area contributed by atoms with Crippen LogP contribution < -0.4 is 5.32 Å². The third kappa shape index (κ3) is 3.40. The van der Waals surface area contributed by atoms with Crippen molar-refractivity contribution in [2.45, 2.75) is 25.8 Å². The van der Waals surface area contributed by atoms with Gasteiger partial charge in [-0.3, -0.25) is 4.79 Å². The van der Waals surface area contributed by atoms with E-state index in [1.54, 1.807) is 10.6 Å². The molecule has 0 aliphatic carbocycles. The van der Waals surface area contributed by atoms with Crippen LogP contribution in [-0.4, -0.2) is 28.2 Å². The Bertz CT molecular complexity index is 320. The minimum atomic E-state index is -0.0621. The Labute approximate surface area is 89.9 Å². The van der Waals surface area contributed by atoms with Gasteiger partial charge in [0.1, 0.15) is 5.69 Å². The Kier molecular flexibility index (Phi) is 4.37. The first-order valence-corrected chi connectivity index (χ1v) is 5.18. The highest BCUT2D eigenvalue weighted by atomic mass is 16.2. The third-order valence-corrected chi connectivity index (χ3v) is 2.35. The Balaban J connectivity index is 2.46. The SMILES string of the molecule is CC(CCCO)NC(=O)c1cccn1C. The van der Waals surface area contributed by atoms with Crippen LogP contribution in [0.15, 0.2) is 18.3 Å². The van der Waals surface area contributed by atoms with Crippen molar-refractivity contribution in [3.8, 4) is 0 Å². The molecule has 1 amide bonds. The number of carbonyl (C=O) groups excluding carboxylic acids is 1. The van der Waals surface area contributed by atoms with E-state index >= 15 is 0 Å². The van der Waals surface area contributed by atoms with Gasteiger partial charge in [-0.1, -0.05) is 0 Å². The van der Waals surface area contributed by atoms with Gasteiger partial charge in [-0.05, 0) is 31.9 Å². The molecule has 0 fully saturated rings. The van der Waals surface area contributed by atoms with Gasteiger partial charge >= 0.3 is 0 Å². The van der Waals surface area contributed by atoms with E-state index in [1.165, 1.54) is 0 Å². The molecule has 1 rings (SSSR count). The quantitative estimate of drug-likeness (QED) is 0.759. The summed E-state index contributed by atoms with van der Waals surface area (Å²) in [6.45, 7) is 2.11. The van der Waals surface area contributed by atoms with Gasteiger partial charge in [0.15, 0.2) is 0 Å². The normalized spacial score (nSPS) is 12.5. The smallest absolute Gasteiger partial charge is 0.268 e. The second-order valence-electron chi connectivity index (χ2n) is 3.74. The molecule has 4 heteroatoms. The van der Waals surface area contributed by atoms with Crippen LogP contribution in [0, 0.1) is 0 Å². The molecule has 0 saturated carbocycles. The van der Waals surface area contributed by atoms with Crippen LogP contribution in [0.5, 0.6) is 0 Å². The van der Waals surface area contributed by atoms with Crippen molar-refractivity contribution < 1.29 is 9.90 Å². The fraction of sp³-hybridized carbons (Fsp3) is 0.545. The number of carbonyl (C=O) groups is 1. The van der Waals surface area contributed by atoms with Crippen LogP contribution in [-0.2, 0) is 7.05 Å².